The zero-order valence-electron chi connectivity index (χ0n) is 12.2. The number of nitrogens with zero attached hydrogens (tertiary/aromatic N) is 3. The third-order valence-corrected chi connectivity index (χ3v) is 3.49. The minimum atomic E-state index is -0.414. The second kappa shape index (κ2) is 5.94. The molecule has 20 heavy (non-hydrogen) atoms. The molecule has 4 N–H and O–H groups in total. The predicted molar refractivity (Wildman–Crippen MR) is 83.4 cm³/mol. The number of aryl methyl sites for hydroxylation is 1. The third kappa shape index (κ3) is 3.50. The number of aliphatic imine (C=N–C) groups is 2. The van der Waals surface area contributed by atoms with Crippen LogP contribution >= 0.6 is 0 Å². The SMILES string of the molecule is CC1(C)N=C(N)N=C(N)N1CCCCc1ccccc1. The Labute approximate surface area is 120 Å². The molecular weight excluding hydrogens is 250 g/mol. The Morgan fingerprint density at radius 1 is 1.10 bits per heavy atom. The van der Waals surface area contributed by atoms with Crippen molar-refractivity contribution in [2.75, 3.05) is 6.54 Å². The van der Waals surface area contributed by atoms with Gasteiger partial charge < -0.3 is 16.4 Å². The van der Waals surface area contributed by atoms with Gasteiger partial charge in [0.15, 0.2) is 0 Å². The lowest BCUT2D eigenvalue weighted by molar-refractivity contribution is 0.214. The fraction of sp³-hybridized carbons (Fsp3) is 0.467. The van der Waals surface area contributed by atoms with Crippen LogP contribution in [0.3, 0.4) is 0 Å². The lowest BCUT2D eigenvalue weighted by Gasteiger charge is -2.38. The van der Waals surface area contributed by atoms with Crippen molar-refractivity contribution < 1.29 is 0 Å². The quantitative estimate of drug-likeness (QED) is 0.801. The topological polar surface area (TPSA) is 80.0 Å². The van der Waals surface area contributed by atoms with Gasteiger partial charge in [-0.25, -0.2) is 4.99 Å². The molecule has 1 aliphatic rings. The third-order valence-electron chi connectivity index (χ3n) is 3.49. The first-order valence-electron chi connectivity index (χ1n) is 7.00. The lowest BCUT2D eigenvalue weighted by Crippen LogP contribution is -2.54. The van der Waals surface area contributed by atoms with E-state index in [1.54, 1.807) is 0 Å². The lowest BCUT2D eigenvalue weighted by atomic mass is 10.1. The zero-order valence-corrected chi connectivity index (χ0v) is 12.2. The van der Waals surface area contributed by atoms with Crippen LogP contribution in [0.5, 0.6) is 0 Å². The van der Waals surface area contributed by atoms with Crippen molar-refractivity contribution in [1.82, 2.24) is 4.90 Å². The normalized spacial score (nSPS) is 17.6. The largest absolute Gasteiger partial charge is 0.369 e. The molecule has 0 aliphatic carbocycles. The fourth-order valence-electron chi connectivity index (χ4n) is 2.46. The average molecular weight is 273 g/mol. The predicted octanol–water partition coefficient (Wildman–Crippen LogP) is 1.69. The maximum atomic E-state index is 5.95. The molecule has 0 amide bonds. The Morgan fingerprint density at radius 2 is 1.80 bits per heavy atom. The second-order valence-electron chi connectivity index (χ2n) is 5.53. The van der Waals surface area contributed by atoms with Gasteiger partial charge in [0, 0.05) is 6.54 Å². The number of rotatable bonds is 5. The average Bonchev–Trinajstić information content (AvgIpc) is 2.37. The summed E-state index contributed by atoms with van der Waals surface area (Å²) in [6.45, 7) is 4.84. The minimum Gasteiger partial charge on any atom is -0.369 e. The van der Waals surface area contributed by atoms with E-state index in [9.17, 15) is 0 Å². The molecule has 5 heteroatoms. The van der Waals surface area contributed by atoms with Crippen LogP contribution < -0.4 is 11.5 Å². The van der Waals surface area contributed by atoms with E-state index in [2.05, 4.69) is 34.3 Å². The van der Waals surface area contributed by atoms with Gasteiger partial charge in [-0.2, -0.15) is 4.99 Å². The van der Waals surface area contributed by atoms with Gasteiger partial charge in [0.25, 0.3) is 0 Å². The second-order valence-corrected chi connectivity index (χ2v) is 5.53. The van der Waals surface area contributed by atoms with Gasteiger partial charge in [0.05, 0.1) is 0 Å². The highest BCUT2D eigenvalue weighted by Crippen LogP contribution is 2.20. The van der Waals surface area contributed by atoms with Gasteiger partial charge in [0.1, 0.15) is 5.66 Å². The molecule has 0 radical (unpaired) electrons. The summed E-state index contributed by atoms with van der Waals surface area (Å²) in [5, 5.41) is 0. The zero-order chi connectivity index (χ0) is 14.6. The number of nitrogens with two attached hydrogens (primary N) is 2. The molecule has 0 bridgehead atoms. The van der Waals surface area contributed by atoms with E-state index in [-0.39, 0.29) is 5.96 Å². The molecule has 0 saturated carbocycles. The van der Waals surface area contributed by atoms with E-state index in [0.717, 1.165) is 25.8 Å². The molecule has 2 rings (SSSR count). The maximum absolute atomic E-state index is 5.95. The molecule has 0 atom stereocenters. The molecule has 1 aromatic rings. The van der Waals surface area contributed by atoms with Crippen molar-refractivity contribution in [2.24, 2.45) is 21.5 Å². The highest BCUT2D eigenvalue weighted by Gasteiger charge is 2.30. The highest BCUT2D eigenvalue weighted by atomic mass is 15.4. The van der Waals surface area contributed by atoms with Crippen LogP contribution in [0.4, 0.5) is 0 Å². The highest BCUT2D eigenvalue weighted by molar-refractivity contribution is 5.95. The fourth-order valence-corrected chi connectivity index (χ4v) is 2.46. The molecule has 0 fully saturated rings. The van der Waals surface area contributed by atoms with Gasteiger partial charge in [-0.1, -0.05) is 30.3 Å². The maximum Gasteiger partial charge on any atom is 0.220 e. The minimum absolute atomic E-state index is 0.257. The van der Waals surface area contributed by atoms with E-state index in [1.165, 1.54) is 5.56 Å². The number of benzene rings is 1. The molecule has 1 aliphatic heterocycles. The molecule has 0 saturated heterocycles. The summed E-state index contributed by atoms with van der Waals surface area (Å²) in [4.78, 5) is 10.4. The van der Waals surface area contributed by atoms with Gasteiger partial charge >= 0.3 is 0 Å². The Hall–Kier alpha value is -2.04. The summed E-state index contributed by atoms with van der Waals surface area (Å²) < 4.78 is 0. The van der Waals surface area contributed by atoms with Crippen LogP contribution in [0.1, 0.15) is 32.3 Å². The van der Waals surface area contributed by atoms with E-state index in [0.29, 0.717) is 5.96 Å². The van der Waals surface area contributed by atoms with Crippen molar-refractivity contribution in [2.45, 2.75) is 38.8 Å². The Kier molecular flexibility index (Phi) is 4.27. The smallest absolute Gasteiger partial charge is 0.220 e. The Balaban J connectivity index is 1.84. The summed E-state index contributed by atoms with van der Waals surface area (Å²) in [6.07, 6.45) is 3.24. The summed E-state index contributed by atoms with van der Waals surface area (Å²) in [5.41, 5.74) is 12.6. The van der Waals surface area contributed by atoms with Crippen LogP contribution in [-0.2, 0) is 6.42 Å². The molecule has 5 nitrogen and oxygen atoms in total. The monoisotopic (exact) mass is 273 g/mol. The molecule has 108 valence electrons. The number of unbranched alkanes of at least 4 members (excludes halogenated alkanes) is 1. The van der Waals surface area contributed by atoms with E-state index < -0.39 is 5.66 Å². The summed E-state index contributed by atoms with van der Waals surface area (Å²) in [7, 11) is 0. The number of guanidine groups is 2. The summed E-state index contributed by atoms with van der Waals surface area (Å²) >= 11 is 0. The van der Waals surface area contributed by atoms with Gasteiger partial charge in [-0.15, -0.1) is 0 Å². The van der Waals surface area contributed by atoms with E-state index in [4.69, 9.17) is 11.5 Å². The van der Waals surface area contributed by atoms with Gasteiger partial charge in [-0.3, -0.25) is 0 Å². The van der Waals surface area contributed by atoms with Crippen LogP contribution in [0.15, 0.2) is 40.3 Å². The molecule has 0 unspecified atom stereocenters. The standard InChI is InChI=1S/C15H23N5/c1-15(2)19-13(16)18-14(17)20(15)11-7-6-10-12-8-4-3-5-9-12/h3-5,8-9H,6-7,10-11H2,1-2H3,(H4,16,17,18,19). The van der Waals surface area contributed by atoms with Crippen molar-refractivity contribution in [1.29, 1.82) is 0 Å². The van der Waals surface area contributed by atoms with Crippen LogP contribution in [0, 0.1) is 0 Å². The van der Waals surface area contributed by atoms with E-state index in [1.807, 2.05) is 24.8 Å². The number of hydrogen-bond acceptors (Lipinski definition) is 5. The summed E-state index contributed by atoms with van der Waals surface area (Å²) in [5.74, 6) is 0.718. The van der Waals surface area contributed by atoms with E-state index >= 15 is 0 Å². The van der Waals surface area contributed by atoms with Crippen LogP contribution in [0.25, 0.3) is 0 Å². The van der Waals surface area contributed by atoms with Gasteiger partial charge in [-0.05, 0) is 38.7 Å². The van der Waals surface area contributed by atoms with Crippen molar-refractivity contribution in [3.8, 4) is 0 Å². The first-order chi connectivity index (χ1) is 9.49. The first kappa shape index (κ1) is 14.4. The van der Waals surface area contributed by atoms with Crippen molar-refractivity contribution in [3.63, 3.8) is 0 Å². The molecule has 0 spiro atoms. The molecular formula is C15H23N5. The van der Waals surface area contributed by atoms with Crippen LogP contribution in [0.2, 0.25) is 0 Å². The van der Waals surface area contributed by atoms with Crippen molar-refractivity contribution >= 4 is 11.9 Å². The van der Waals surface area contributed by atoms with Crippen molar-refractivity contribution in [3.05, 3.63) is 35.9 Å². The molecule has 1 aromatic carbocycles. The molecule has 1 heterocycles. The number of hydrogen-bond donors (Lipinski definition) is 2. The Bertz CT molecular complexity index is 504. The van der Waals surface area contributed by atoms with Crippen LogP contribution in [-0.4, -0.2) is 29.0 Å². The Morgan fingerprint density at radius 3 is 2.45 bits per heavy atom. The summed E-state index contributed by atoms with van der Waals surface area (Å²) in [6, 6.07) is 10.5. The van der Waals surface area contributed by atoms with Gasteiger partial charge in [0.2, 0.25) is 11.9 Å². The first-order valence-corrected chi connectivity index (χ1v) is 7.00. The molecule has 0 aromatic heterocycles.